The van der Waals surface area contributed by atoms with Crippen LogP contribution in [-0.4, -0.2) is 11.7 Å². The Hall–Kier alpha value is -1.87. The van der Waals surface area contributed by atoms with Crippen LogP contribution in [0.5, 0.6) is 0 Å². The van der Waals surface area contributed by atoms with Crippen LogP contribution in [0, 0.1) is 11.3 Å². The van der Waals surface area contributed by atoms with E-state index in [0.29, 0.717) is 23.6 Å². The molecule has 2 aliphatic rings. The topological polar surface area (TPSA) is 46.2 Å². The van der Waals surface area contributed by atoms with Crippen LogP contribution in [0.4, 0.5) is 5.69 Å². The molecule has 0 unspecified atom stereocenters. The van der Waals surface area contributed by atoms with Gasteiger partial charge in [-0.05, 0) is 31.1 Å². The van der Waals surface area contributed by atoms with Gasteiger partial charge in [-0.25, -0.2) is 0 Å². The molecule has 1 aromatic carbocycles. The van der Waals surface area contributed by atoms with Crippen LogP contribution in [0.15, 0.2) is 48.6 Å². The predicted octanol–water partition coefficient (Wildman–Crippen LogP) is 3.37. The molecule has 3 rings (SSSR count). The van der Waals surface area contributed by atoms with Crippen molar-refractivity contribution in [1.82, 2.24) is 0 Å². The van der Waals surface area contributed by atoms with E-state index in [0.717, 1.165) is 5.57 Å². The zero-order valence-electron chi connectivity index (χ0n) is 10.9. The van der Waals surface area contributed by atoms with E-state index in [9.17, 15) is 9.59 Å². The molecule has 1 amide bonds. The number of halogens is 1. The van der Waals surface area contributed by atoms with Crippen LogP contribution in [-0.2, 0) is 9.59 Å². The van der Waals surface area contributed by atoms with Crippen molar-refractivity contribution in [2.75, 3.05) is 5.32 Å². The van der Waals surface area contributed by atoms with Crippen molar-refractivity contribution in [2.45, 2.75) is 12.8 Å². The summed E-state index contributed by atoms with van der Waals surface area (Å²) in [4.78, 5) is 24.3. The van der Waals surface area contributed by atoms with Crippen LogP contribution in [0.2, 0.25) is 5.02 Å². The first kappa shape index (κ1) is 13.1. The lowest BCUT2D eigenvalue weighted by atomic mass is 9.79. The Morgan fingerprint density at radius 1 is 1.40 bits per heavy atom. The molecule has 1 aromatic rings. The van der Waals surface area contributed by atoms with Gasteiger partial charge in [-0.1, -0.05) is 42.0 Å². The minimum absolute atomic E-state index is 0.0497. The van der Waals surface area contributed by atoms with Gasteiger partial charge in [0.25, 0.3) is 0 Å². The van der Waals surface area contributed by atoms with E-state index >= 15 is 0 Å². The lowest BCUT2D eigenvalue weighted by molar-refractivity contribution is -0.124. The van der Waals surface area contributed by atoms with Gasteiger partial charge in [-0.2, -0.15) is 0 Å². The largest absolute Gasteiger partial charge is 0.324 e. The van der Waals surface area contributed by atoms with Gasteiger partial charge in [0.05, 0.1) is 16.1 Å². The molecule has 0 aromatic heterocycles. The number of ketones is 1. The molecule has 4 heteroatoms. The summed E-state index contributed by atoms with van der Waals surface area (Å²) in [7, 11) is 0. The van der Waals surface area contributed by atoms with Gasteiger partial charge in [0.1, 0.15) is 0 Å². The molecule has 2 aliphatic carbocycles. The molecule has 3 nitrogen and oxygen atoms in total. The minimum atomic E-state index is -0.658. The predicted molar refractivity (Wildman–Crippen MR) is 78.5 cm³/mol. The number of fused-ring (bicyclic) bond motifs is 2. The van der Waals surface area contributed by atoms with Gasteiger partial charge in [-0.3, -0.25) is 9.59 Å². The van der Waals surface area contributed by atoms with Gasteiger partial charge in [-0.15, -0.1) is 0 Å². The third kappa shape index (κ3) is 1.98. The van der Waals surface area contributed by atoms with E-state index in [4.69, 9.17) is 11.6 Å². The number of anilines is 1. The van der Waals surface area contributed by atoms with E-state index in [1.54, 1.807) is 18.2 Å². The highest BCUT2D eigenvalue weighted by atomic mass is 35.5. The third-order valence-electron chi connectivity index (χ3n) is 4.09. The fourth-order valence-corrected chi connectivity index (χ4v) is 3.14. The standard InChI is InChI=1S/C16H14ClNO2/c1-10-8-16(7-6-14(19)11(10)9-16)15(20)18-13-5-3-2-4-12(13)17/h2-7,11H,1,8-9H2,(H,18,20)/t11-,16+/m1/s1. The van der Waals surface area contributed by atoms with Gasteiger partial charge in [0, 0.05) is 5.92 Å². The molecule has 0 aliphatic heterocycles. The van der Waals surface area contributed by atoms with E-state index < -0.39 is 5.41 Å². The van der Waals surface area contributed by atoms with Crippen molar-refractivity contribution in [3.63, 3.8) is 0 Å². The first-order valence-corrected chi connectivity index (χ1v) is 6.86. The summed E-state index contributed by atoms with van der Waals surface area (Å²) < 4.78 is 0. The number of nitrogens with one attached hydrogen (secondary N) is 1. The maximum Gasteiger partial charge on any atom is 0.234 e. The quantitative estimate of drug-likeness (QED) is 0.848. The fourth-order valence-electron chi connectivity index (χ4n) is 2.95. The van der Waals surface area contributed by atoms with Crippen molar-refractivity contribution in [1.29, 1.82) is 0 Å². The van der Waals surface area contributed by atoms with E-state index in [-0.39, 0.29) is 17.6 Å². The number of hydrogen-bond donors (Lipinski definition) is 1. The average molecular weight is 288 g/mol. The van der Waals surface area contributed by atoms with Gasteiger partial charge in [0.2, 0.25) is 5.91 Å². The summed E-state index contributed by atoms with van der Waals surface area (Å²) in [6.07, 6.45) is 4.27. The average Bonchev–Trinajstić information content (AvgIpc) is 2.72. The van der Waals surface area contributed by atoms with Crippen LogP contribution in [0.3, 0.4) is 0 Å². The number of carbonyl (C=O) groups excluding carboxylic acids is 2. The summed E-state index contributed by atoms with van der Waals surface area (Å²) >= 11 is 6.05. The molecule has 0 heterocycles. The summed E-state index contributed by atoms with van der Waals surface area (Å²) in [6.45, 7) is 3.93. The molecule has 2 atom stereocenters. The minimum Gasteiger partial charge on any atom is -0.324 e. The maximum absolute atomic E-state index is 12.6. The Morgan fingerprint density at radius 3 is 2.90 bits per heavy atom. The Kier molecular flexibility index (Phi) is 3.02. The van der Waals surface area contributed by atoms with Crippen molar-refractivity contribution >= 4 is 29.0 Å². The second-order valence-electron chi connectivity index (χ2n) is 5.42. The van der Waals surface area contributed by atoms with Gasteiger partial charge in [0.15, 0.2) is 5.78 Å². The molecule has 1 saturated carbocycles. The molecule has 0 spiro atoms. The van der Waals surface area contributed by atoms with E-state index in [1.165, 1.54) is 6.08 Å². The molecule has 0 saturated heterocycles. The smallest absolute Gasteiger partial charge is 0.234 e. The summed E-state index contributed by atoms with van der Waals surface area (Å²) in [6, 6.07) is 7.11. The highest BCUT2D eigenvalue weighted by molar-refractivity contribution is 6.33. The van der Waals surface area contributed by atoms with Crippen LogP contribution in [0.1, 0.15) is 12.8 Å². The number of hydrogen-bond acceptors (Lipinski definition) is 2. The highest BCUT2D eigenvalue weighted by Gasteiger charge is 2.49. The van der Waals surface area contributed by atoms with Crippen molar-refractivity contribution in [3.05, 3.63) is 53.6 Å². The molecule has 1 fully saturated rings. The monoisotopic (exact) mass is 287 g/mol. The lowest BCUT2D eigenvalue weighted by Gasteiger charge is -2.26. The van der Waals surface area contributed by atoms with Crippen LogP contribution < -0.4 is 5.32 Å². The number of benzene rings is 1. The van der Waals surface area contributed by atoms with E-state index in [2.05, 4.69) is 11.9 Å². The van der Waals surface area contributed by atoms with E-state index in [1.807, 2.05) is 12.1 Å². The first-order valence-electron chi connectivity index (χ1n) is 6.49. The summed E-state index contributed by atoms with van der Waals surface area (Å²) in [5, 5.41) is 3.36. The molecular formula is C16H14ClNO2. The van der Waals surface area contributed by atoms with Crippen LogP contribution in [0.25, 0.3) is 0 Å². The zero-order valence-corrected chi connectivity index (χ0v) is 11.6. The second-order valence-corrected chi connectivity index (χ2v) is 5.82. The maximum atomic E-state index is 12.6. The number of para-hydroxylation sites is 1. The molecule has 20 heavy (non-hydrogen) atoms. The summed E-state index contributed by atoms with van der Waals surface area (Å²) in [5.74, 6) is -0.288. The number of carbonyl (C=O) groups is 2. The number of rotatable bonds is 2. The molecule has 1 N–H and O–H groups in total. The normalized spacial score (nSPS) is 27.8. The molecular weight excluding hydrogens is 274 g/mol. The molecule has 102 valence electrons. The van der Waals surface area contributed by atoms with Gasteiger partial charge < -0.3 is 5.32 Å². The fraction of sp³-hybridized carbons (Fsp3) is 0.250. The van der Waals surface area contributed by atoms with Crippen LogP contribution >= 0.6 is 11.6 Å². The van der Waals surface area contributed by atoms with Crippen molar-refractivity contribution < 1.29 is 9.59 Å². The Bertz CT molecular complexity index is 650. The second kappa shape index (κ2) is 4.60. The third-order valence-corrected chi connectivity index (χ3v) is 4.42. The molecule has 2 bridgehead atoms. The Balaban J connectivity index is 1.88. The van der Waals surface area contributed by atoms with Crippen molar-refractivity contribution in [2.24, 2.45) is 11.3 Å². The van der Waals surface area contributed by atoms with Crippen molar-refractivity contribution in [3.8, 4) is 0 Å². The number of allylic oxidation sites excluding steroid dienone is 2. The zero-order chi connectivity index (χ0) is 14.3. The van der Waals surface area contributed by atoms with Gasteiger partial charge >= 0.3 is 0 Å². The Morgan fingerprint density at radius 2 is 2.15 bits per heavy atom. The molecule has 0 radical (unpaired) electrons. The SMILES string of the molecule is C=C1C[C@@]2(C(=O)Nc3ccccc3Cl)C=CC(=O)[C@@H]1C2. The number of amides is 1. The highest BCUT2D eigenvalue weighted by Crippen LogP contribution is 2.49. The Labute approximate surface area is 122 Å². The lowest BCUT2D eigenvalue weighted by Crippen LogP contribution is -2.34. The summed E-state index contributed by atoms with van der Waals surface area (Å²) in [5.41, 5.74) is 0.775. The first-order chi connectivity index (χ1) is 9.52.